The van der Waals surface area contributed by atoms with Gasteiger partial charge in [0, 0.05) is 24.0 Å². The molecule has 1 saturated carbocycles. The molecule has 0 unspecified atom stereocenters. The van der Waals surface area contributed by atoms with Crippen LogP contribution in [-0.4, -0.2) is 22.3 Å². The summed E-state index contributed by atoms with van der Waals surface area (Å²) < 4.78 is 1.76. The number of ketones is 1. The lowest BCUT2D eigenvalue weighted by Gasteiger charge is -2.22. The summed E-state index contributed by atoms with van der Waals surface area (Å²) in [6.07, 6.45) is 9.39. The summed E-state index contributed by atoms with van der Waals surface area (Å²) in [4.78, 5) is 23.0. The van der Waals surface area contributed by atoms with E-state index in [0.717, 1.165) is 12.8 Å². The Balaban J connectivity index is 1.84. The maximum absolute atomic E-state index is 11.8. The number of carbonyl (C=O) groups is 2. The third-order valence-electron chi connectivity index (χ3n) is 3.45. The largest absolute Gasteiger partial charge is 0.352 e. The molecule has 0 saturated heterocycles. The van der Waals surface area contributed by atoms with E-state index in [1.54, 1.807) is 23.0 Å². The van der Waals surface area contributed by atoms with Gasteiger partial charge in [0.1, 0.15) is 6.54 Å². The zero-order valence-corrected chi connectivity index (χ0v) is 10.8. The van der Waals surface area contributed by atoms with Crippen molar-refractivity contribution in [2.24, 2.45) is 0 Å². The van der Waals surface area contributed by atoms with Gasteiger partial charge in [-0.3, -0.25) is 9.59 Å². The Morgan fingerprint density at radius 3 is 2.67 bits per heavy atom. The van der Waals surface area contributed by atoms with Crippen LogP contribution in [0.15, 0.2) is 18.5 Å². The topological polar surface area (TPSA) is 51.1 Å². The van der Waals surface area contributed by atoms with Crippen LogP contribution in [-0.2, 0) is 11.3 Å². The number of aromatic nitrogens is 1. The van der Waals surface area contributed by atoms with Crippen molar-refractivity contribution in [2.45, 2.75) is 51.6 Å². The van der Waals surface area contributed by atoms with Gasteiger partial charge in [0.15, 0.2) is 5.78 Å². The van der Waals surface area contributed by atoms with E-state index >= 15 is 0 Å². The van der Waals surface area contributed by atoms with E-state index in [9.17, 15) is 9.59 Å². The summed E-state index contributed by atoms with van der Waals surface area (Å²) in [5.41, 5.74) is 0.653. The number of hydrogen-bond donors (Lipinski definition) is 1. The molecule has 98 valence electrons. The highest BCUT2D eigenvalue weighted by Crippen LogP contribution is 2.17. The van der Waals surface area contributed by atoms with Gasteiger partial charge >= 0.3 is 0 Å². The minimum atomic E-state index is 0.0291. The molecule has 0 aromatic carbocycles. The first-order chi connectivity index (χ1) is 8.65. The first-order valence-corrected chi connectivity index (χ1v) is 6.61. The molecule has 0 bridgehead atoms. The Morgan fingerprint density at radius 1 is 1.33 bits per heavy atom. The van der Waals surface area contributed by atoms with Crippen LogP contribution in [0.2, 0.25) is 0 Å². The Morgan fingerprint density at radius 2 is 2.06 bits per heavy atom. The average Bonchev–Trinajstić information content (AvgIpc) is 2.78. The molecule has 1 heterocycles. The van der Waals surface area contributed by atoms with E-state index in [4.69, 9.17) is 0 Å². The minimum Gasteiger partial charge on any atom is -0.352 e. The van der Waals surface area contributed by atoms with Crippen molar-refractivity contribution in [3.63, 3.8) is 0 Å². The lowest BCUT2D eigenvalue weighted by atomic mass is 9.95. The lowest BCUT2D eigenvalue weighted by Crippen LogP contribution is -2.38. The van der Waals surface area contributed by atoms with Crippen molar-refractivity contribution in [1.82, 2.24) is 9.88 Å². The van der Waals surface area contributed by atoms with Crippen LogP contribution in [0.4, 0.5) is 0 Å². The van der Waals surface area contributed by atoms with Crippen LogP contribution in [0.5, 0.6) is 0 Å². The van der Waals surface area contributed by atoms with Crippen molar-refractivity contribution < 1.29 is 9.59 Å². The van der Waals surface area contributed by atoms with E-state index in [-0.39, 0.29) is 11.7 Å². The van der Waals surface area contributed by atoms with Crippen LogP contribution in [0.25, 0.3) is 0 Å². The van der Waals surface area contributed by atoms with Crippen LogP contribution in [0, 0.1) is 0 Å². The zero-order chi connectivity index (χ0) is 13.0. The smallest absolute Gasteiger partial charge is 0.240 e. The van der Waals surface area contributed by atoms with E-state index in [1.165, 1.54) is 26.2 Å². The predicted molar refractivity (Wildman–Crippen MR) is 69.5 cm³/mol. The number of hydrogen-bond acceptors (Lipinski definition) is 2. The molecular weight excluding hydrogens is 228 g/mol. The standard InChI is InChI=1S/C14H20N2O2/c1-11(17)12-7-8-16(9-12)10-14(18)15-13-5-3-2-4-6-13/h7-9,13H,2-6,10H2,1H3,(H,15,18). The number of amides is 1. The molecule has 0 atom stereocenters. The second kappa shape index (κ2) is 5.85. The number of Topliss-reactive ketones (excluding diaryl/α,β-unsaturated/α-hetero) is 1. The summed E-state index contributed by atoms with van der Waals surface area (Å²) in [7, 11) is 0. The van der Waals surface area contributed by atoms with Crippen LogP contribution in [0.3, 0.4) is 0 Å². The van der Waals surface area contributed by atoms with E-state index in [0.29, 0.717) is 18.2 Å². The Kier molecular flexibility index (Phi) is 4.18. The number of nitrogens with zero attached hydrogens (tertiary/aromatic N) is 1. The van der Waals surface area contributed by atoms with Crippen molar-refractivity contribution in [3.05, 3.63) is 24.0 Å². The fraction of sp³-hybridized carbons (Fsp3) is 0.571. The van der Waals surface area contributed by atoms with Crippen LogP contribution in [0.1, 0.15) is 49.4 Å². The molecule has 0 spiro atoms. The maximum atomic E-state index is 11.8. The lowest BCUT2D eigenvalue weighted by molar-refractivity contribution is -0.122. The van der Waals surface area contributed by atoms with Crippen molar-refractivity contribution in [2.75, 3.05) is 0 Å². The van der Waals surface area contributed by atoms with Gasteiger partial charge in [0.25, 0.3) is 0 Å². The number of rotatable bonds is 4. The highest BCUT2D eigenvalue weighted by Gasteiger charge is 2.15. The molecule has 1 aromatic rings. The SMILES string of the molecule is CC(=O)c1ccn(CC(=O)NC2CCCCC2)c1. The fourth-order valence-corrected chi connectivity index (χ4v) is 2.43. The molecule has 1 N–H and O–H groups in total. The second-order valence-electron chi connectivity index (χ2n) is 5.03. The van der Waals surface area contributed by atoms with Gasteiger partial charge in [0.05, 0.1) is 0 Å². The summed E-state index contributed by atoms with van der Waals surface area (Å²) >= 11 is 0. The van der Waals surface area contributed by atoms with Crippen molar-refractivity contribution in [3.8, 4) is 0 Å². The molecule has 2 rings (SSSR count). The summed E-state index contributed by atoms with van der Waals surface area (Å²) in [6.45, 7) is 1.82. The summed E-state index contributed by atoms with van der Waals surface area (Å²) in [6, 6.07) is 2.09. The number of carbonyl (C=O) groups excluding carboxylic acids is 2. The third kappa shape index (κ3) is 3.45. The summed E-state index contributed by atoms with van der Waals surface area (Å²) in [5, 5.41) is 3.06. The van der Waals surface area contributed by atoms with E-state index in [1.807, 2.05) is 0 Å². The molecular formula is C14H20N2O2. The van der Waals surface area contributed by atoms with Crippen LogP contribution < -0.4 is 5.32 Å². The fourth-order valence-electron chi connectivity index (χ4n) is 2.43. The number of nitrogens with one attached hydrogen (secondary N) is 1. The van der Waals surface area contributed by atoms with Gasteiger partial charge in [-0.15, -0.1) is 0 Å². The summed E-state index contributed by atoms with van der Waals surface area (Å²) in [5.74, 6) is 0.0639. The van der Waals surface area contributed by atoms with Gasteiger partial charge in [-0.1, -0.05) is 19.3 Å². The van der Waals surface area contributed by atoms with Gasteiger partial charge in [-0.25, -0.2) is 0 Å². The Labute approximate surface area is 107 Å². The zero-order valence-electron chi connectivity index (χ0n) is 10.8. The molecule has 4 heteroatoms. The minimum absolute atomic E-state index is 0.0291. The first kappa shape index (κ1) is 12.9. The molecule has 4 nitrogen and oxygen atoms in total. The Hall–Kier alpha value is -1.58. The van der Waals surface area contributed by atoms with E-state index in [2.05, 4.69) is 5.32 Å². The molecule has 0 aliphatic heterocycles. The third-order valence-corrected chi connectivity index (χ3v) is 3.45. The average molecular weight is 248 g/mol. The van der Waals surface area contributed by atoms with Crippen LogP contribution >= 0.6 is 0 Å². The maximum Gasteiger partial charge on any atom is 0.240 e. The molecule has 1 aliphatic rings. The van der Waals surface area contributed by atoms with Gasteiger partial charge < -0.3 is 9.88 Å². The molecule has 0 radical (unpaired) electrons. The highest BCUT2D eigenvalue weighted by molar-refractivity contribution is 5.93. The predicted octanol–water partition coefficient (Wildman–Crippen LogP) is 2.14. The van der Waals surface area contributed by atoms with Crippen molar-refractivity contribution in [1.29, 1.82) is 0 Å². The normalized spacial score (nSPS) is 16.5. The first-order valence-electron chi connectivity index (χ1n) is 6.61. The quantitative estimate of drug-likeness (QED) is 0.830. The van der Waals surface area contributed by atoms with Gasteiger partial charge in [-0.2, -0.15) is 0 Å². The molecule has 1 aromatic heterocycles. The highest BCUT2D eigenvalue weighted by atomic mass is 16.2. The van der Waals surface area contributed by atoms with Gasteiger partial charge in [0.2, 0.25) is 5.91 Å². The van der Waals surface area contributed by atoms with Crippen molar-refractivity contribution >= 4 is 11.7 Å². The molecule has 1 aliphatic carbocycles. The van der Waals surface area contributed by atoms with Gasteiger partial charge in [-0.05, 0) is 25.8 Å². The van der Waals surface area contributed by atoms with E-state index < -0.39 is 0 Å². The molecule has 18 heavy (non-hydrogen) atoms. The Bertz CT molecular complexity index is 431. The monoisotopic (exact) mass is 248 g/mol. The molecule has 1 fully saturated rings. The molecule has 1 amide bonds. The second-order valence-corrected chi connectivity index (χ2v) is 5.03.